The highest BCUT2D eigenvalue weighted by Gasteiger charge is 2.25. The second-order valence-electron chi connectivity index (χ2n) is 5.93. The Labute approximate surface area is 117 Å². The van der Waals surface area contributed by atoms with Crippen molar-refractivity contribution in [2.45, 2.75) is 64.5 Å². The predicted octanol–water partition coefficient (Wildman–Crippen LogP) is 2.39. The van der Waals surface area contributed by atoms with Crippen molar-refractivity contribution in [2.24, 2.45) is 12.8 Å². The van der Waals surface area contributed by atoms with Crippen molar-refractivity contribution in [1.82, 2.24) is 9.78 Å². The van der Waals surface area contributed by atoms with Crippen molar-refractivity contribution in [2.75, 3.05) is 11.9 Å². The van der Waals surface area contributed by atoms with Gasteiger partial charge in [-0.1, -0.05) is 19.8 Å². The van der Waals surface area contributed by atoms with Gasteiger partial charge in [0.15, 0.2) is 0 Å². The molecule has 1 atom stereocenters. The molecule has 0 radical (unpaired) electrons. The lowest BCUT2D eigenvalue weighted by Crippen LogP contribution is -2.32. The van der Waals surface area contributed by atoms with Gasteiger partial charge in [0, 0.05) is 31.7 Å². The zero-order valence-electron chi connectivity index (χ0n) is 12.8. The van der Waals surface area contributed by atoms with Gasteiger partial charge >= 0.3 is 0 Å². The first-order chi connectivity index (χ1) is 9.04. The Balaban J connectivity index is 2.27. The van der Waals surface area contributed by atoms with Gasteiger partial charge in [-0.05, 0) is 32.6 Å². The highest BCUT2D eigenvalue weighted by molar-refractivity contribution is 5.51. The van der Waals surface area contributed by atoms with Crippen molar-refractivity contribution < 1.29 is 0 Å². The second kappa shape index (κ2) is 5.95. The molecule has 1 fully saturated rings. The highest BCUT2D eigenvalue weighted by atomic mass is 15.4. The van der Waals surface area contributed by atoms with Crippen LogP contribution in [0.3, 0.4) is 0 Å². The first kappa shape index (κ1) is 14.4. The molecule has 1 heterocycles. The number of anilines is 1. The molecular weight excluding hydrogens is 236 g/mol. The molecule has 1 aliphatic carbocycles. The van der Waals surface area contributed by atoms with Gasteiger partial charge < -0.3 is 10.6 Å². The first-order valence-corrected chi connectivity index (χ1v) is 7.55. The minimum absolute atomic E-state index is 0.235. The maximum absolute atomic E-state index is 6.15. The molecule has 1 aliphatic rings. The maximum Gasteiger partial charge on any atom is 0.130 e. The normalized spacial score (nSPS) is 17.9. The minimum atomic E-state index is 0.235. The summed E-state index contributed by atoms with van der Waals surface area (Å²) >= 11 is 0. The van der Waals surface area contributed by atoms with E-state index in [4.69, 9.17) is 5.73 Å². The second-order valence-corrected chi connectivity index (χ2v) is 5.93. The molecule has 0 saturated heterocycles. The minimum Gasteiger partial charge on any atom is -0.357 e. The van der Waals surface area contributed by atoms with E-state index in [0.29, 0.717) is 6.04 Å². The standard InChI is InChI=1S/C15H28N4/c1-5-12(16)10-14-11(2)17-19(4)15(14)18(3)13-8-6-7-9-13/h12-13H,5-10,16H2,1-4H3. The third-order valence-corrected chi connectivity index (χ3v) is 4.51. The smallest absolute Gasteiger partial charge is 0.130 e. The molecule has 0 amide bonds. The fraction of sp³-hybridized carbons (Fsp3) is 0.800. The van der Waals surface area contributed by atoms with Crippen molar-refractivity contribution in [3.63, 3.8) is 0 Å². The Morgan fingerprint density at radius 3 is 2.63 bits per heavy atom. The molecule has 4 nitrogen and oxygen atoms in total. The lowest BCUT2D eigenvalue weighted by Gasteiger charge is -2.28. The van der Waals surface area contributed by atoms with E-state index in [-0.39, 0.29) is 6.04 Å². The molecule has 0 aromatic carbocycles. The van der Waals surface area contributed by atoms with Crippen LogP contribution < -0.4 is 10.6 Å². The monoisotopic (exact) mass is 264 g/mol. The zero-order chi connectivity index (χ0) is 14.0. The van der Waals surface area contributed by atoms with E-state index in [9.17, 15) is 0 Å². The largest absolute Gasteiger partial charge is 0.357 e. The van der Waals surface area contributed by atoms with E-state index in [1.54, 1.807) is 0 Å². The van der Waals surface area contributed by atoms with Gasteiger partial charge in [0.1, 0.15) is 5.82 Å². The van der Waals surface area contributed by atoms with E-state index in [1.165, 1.54) is 37.1 Å². The number of aryl methyl sites for hydroxylation is 2. The van der Waals surface area contributed by atoms with Crippen molar-refractivity contribution in [1.29, 1.82) is 0 Å². The molecule has 0 spiro atoms. The Kier molecular flexibility index (Phi) is 4.50. The zero-order valence-corrected chi connectivity index (χ0v) is 12.8. The van der Waals surface area contributed by atoms with Gasteiger partial charge in [-0.25, -0.2) is 0 Å². The fourth-order valence-electron chi connectivity index (χ4n) is 3.24. The molecule has 2 N–H and O–H groups in total. The fourth-order valence-corrected chi connectivity index (χ4v) is 3.24. The maximum atomic E-state index is 6.15. The van der Waals surface area contributed by atoms with Crippen LogP contribution in [0.25, 0.3) is 0 Å². The van der Waals surface area contributed by atoms with Gasteiger partial charge in [-0.15, -0.1) is 0 Å². The number of aromatic nitrogens is 2. The van der Waals surface area contributed by atoms with Crippen LogP contribution in [0.15, 0.2) is 0 Å². The van der Waals surface area contributed by atoms with Crippen LogP contribution in [0.1, 0.15) is 50.3 Å². The molecule has 1 aromatic rings. The van der Waals surface area contributed by atoms with Gasteiger partial charge in [0.05, 0.1) is 5.69 Å². The molecule has 19 heavy (non-hydrogen) atoms. The average molecular weight is 264 g/mol. The van der Waals surface area contributed by atoms with Crippen LogP contribution in [0.5, 0.6) is 0 Å². The van der Waals surface area contributed by atoms with Gasteiger partial charge in [-0.2, -0.15) is 5.10 Å². The quantitative estimate of drug-likeness (QED) is 0.888. The van der Waals surface area contributed by atoms with Gasteiger partial charge in [-0.3, -0.25) is 4.68 Å². The van der Waals surface area contributed by atoms with E-state index in [1.807, 2.05) is 4.68 Å². The average Bonchev–Trinajstić information content (AvgIpc) is 2.98. The van der Waals surface area contributed by atoms with E-state index in [2.05, 4.69) is 37.9 Å². The third kappa shape index (κ3) is 2.94. The number of nitrogens with two attached hydrogens (primary N) is 1. The van der Waals surface area contributed by atoms with Gasteiger partial charge in [0.25, 0.3) is 0 Å². The molecule has 108 valence electrons. The number of rotatable bonds is 5. The van der Waals surface area contributed by atoms with Crippen LogP contribution in [0, 0.1) is 6.92 Å². The Bertz CT molecular complexity index is 418. The molecule has 4 heteroatoms. The molecule has 1 saturated carbocycles. The van der Waals surface area contributed by atoms with E-state index < -0.39 is 0 Å². The molecule has 0 bridgehead atoms. The number of nitrogens with zero attached hydrogens (tertiary/aromatic N) is 3. The predicted molar refractivity (Wildman–Crippen MR) is 80.6 cm³/mol. The molecule has 1 aromatic heterocycles. The summed E-state index contributed by atoms with van der Waals surface area (Å²) in [6.07, 6.45) is 7.27. The summed E-state index contributed by atoms with van der Waals surface area (Å²) in [6, 6.07) is 0.907. The Morgan fingerprint density at radius 2 is 2.05 bits per heavy atom. The van der Waals surface area contributed by atoms with Crippen molar-refractivity contribution in [3.8, 4) is 0 Å². The molecule has 2 rings (SSSR count). The van der Waals surface area contributed by atoms with Crippen LogP contribution in [-0.2, 0) is 13.5 Å². The Hall–Kier alpha value is -1.03. The summed E-state index contributed by atoms with van der Waals surface area (Å²) in [6.45, 7) is 4.25. The van der Waals surface area contributed by atoms with E-state index >= 15 is 0 Å². The lowest BCUT2D eigenvalue weighted by atomic mass is 10.0. The Morgan fingerprint density at radius 1 is 1.42 bits per heavy atom. The van der Waals surface area contributed by atoms with Crippen LogP contribution in [0.4, 0.5) is 5.82 Å². The summed E-state index contributed by atoms with van der Waals surface area (Å²) in [5.41, 5.74) is 8.62. The summed E-state index contributed by atoms with van der Waals surface area (Å²) in [5.74, 6) is 1.27. The number of hydrogen-bond acceptors (Lipinski definition) is 3. The number of hydrogen-bond donors (Lipinski definition) is 1. The van der Waals surface area contributed by atoms with Gasteiger partial charge in [0.2, 0.25) is 0 Å². The molecular formula is C15H28N4. The van der Waals surface area contributed by atoms with E-state index in [0.717, 1.165) is 18.5 Å². The van der Waals surface area contributed by atoms with Crippen LogP contribution >= 0.6 is 0 Å². The summed E-state index contributed by atoms with van der Waals surface area (Å²) in [4.78, 5) is 2.44. The topological polar surface area (TPSA) is 47.1 Å². The van der Waals surface area contributed by atoms with Crippen molar-refractivity contribution >= 4 is 5.82 Å². The third-order valence-electron chi connectivity index (χ3n) is 4.51. The summed E-state index contributed by atoms with van der Waals surface area (Å²) in [7, 11) is 4.27. The highest BCUT2D eigenvalue weighted by Crippen LogP contribution is 2.31. The molecule has 0 aliphatic heterocycles. The lowest BCUT2D eigenvalue weighted by molar-refractivity contribution is 0.610. The van der Waals surface area contributed by atoms with Crippen LogP contribution in [0.2, 0.25) is 0 Å². The SMILES string of the molecule is CCC(N)Cc1c(C)nn(C)c1N(C)C1CCCC1. The molecule has 1 unspecified atom stereocenters. The van der Waals surface area contributed by atoms with Crippen LogP contribution in [-0.4, -0.2) is 28.9 Å². The first-order valence-electron chi connectivity index (χ1n) is 7.55. The van der Waals surface area contributed by atoms with Crippen molar-refractivity contribution in [3.05, 3.63) is 11.3 Å². The summed E-state index contributed by atoms with van der Waals surface area (Å²) in [5, 5.41) is 4.61. The summed E-state index contributed by atoms with van der Waals surface area (Å²) < 4.78 is 2.03.